The van der Waals surface area contributed by atoms with Crippen LogP contribution in [0.15, 0.2) is 67.0 Å². The molecule has 4 rings (SSSR count). The highest BCUT2D eigenvalue weighted by Crippen LogP contribution is 2.25. The number of hydrogen-bond donors (Lipinski definition) is 1. The van der Waals surface area contributed by atoms with E-state index in [2.05, 4.69) is 20.4 Å². The molecular weight excluding hydrogens is 374 g/mol. The van der Waals surface area contributed by atoms with Gasteiger partial charge >= 0.3 is 0 Å². The van der Waals surface area contributed by atoms with E-state index in [0.717, 1.165) is 34.1 Å². The fraction of sp³-hybridized carbons (Fsp3) is 0.0952. The van der Waals surface area contributed by atoms with Crippen molar-refractivity contribution in [3.63, 3.8) is 0 Å². The maximum absolute atomic E-state index is 6.10. The summed E-state index contributed by atoms with van der Waals surface area (Å²) in [5, 5.41) is 8.47. The highest BCUT2D eigenvalue weighted by atomic mass is 35.5. The van der Waals surface area contributed by atoms with Crippen LogP contribution >= 0.6 is 11.6 Å². The van der Waals surface area contributed by atoms with Crippen LogP contribution in [0.5, 0.6) is 5.75 Å². The zero-order valence-electron chi connectivity index (χ0n) is 15.4. The van der Waals surface area contributed by atoms with Crippen LogP contribution in [-0.4, -0.2) is 26.9 Å². The summed E-state index contributed by atoms with van der Waals surface area (Å²) in [4.78, 5) is 8.95. The van der Waals surface area contributed by atoms with Crippen LogP contribution in [0.25, 0.3) is 16.9 Å². The summed E-state index contributed by atoms with van der Waals surface area (Å²) in [6.45, 7) is 1.95. The zero-order chi connectivity index (χ0) is 19.5. The Morgan fingerprint density at radius 2 is 1.93 bits per heavy atom. The Kier molecular flexibility index (Phi) is 4.95. The van der Waals surface area contributed by atoms with E-state index in [1.165, 1.54) is 0 Å². The van der Waals surface area contributed by atoms with Gasteiger partial charge in [-0.2, -0.15) is 5.10 Å². The minimum Gasteiger partial charge on any atom is -0.497 e. The van der Waals surface area contributed by atoms with Crippen LogP contribution in [0.4, 0.5) is 11.6 Å². The average molecular weight is 392 g/mol. The number of nitrogens with one attached hydrogen (secondary N) is 1. The molecule has 2 aromatic carbocycles. The highest BCUT2D eigenvalue weighted by Gasteiger charge is 2.11. The van der Waals surface area contributed by atoms with Crippen molar-refractivity contribution in [2.24, 2.45) is 0 Å². The molecule has 0 spiro atoms. The Hall–Kier alpha value is -3.38. The lowest BCUT2D eigenvalue weighted by Gasteiger charge is -2.07. The first-order valence-corrected chi connectivity index (χ1v) is 9.07. The molecule has 0 saturated heterocycles. The summed E-state index contributed by atoms with van der Waals surface area (Å²) in [5.74, 6) is 1.26. The Morgan fingerprint density at radius 1 is 1.07 bits per heavy atom. The van der Waals surface area contributed by atoms with Gasteiger partial charge in [-0.1, -0.05) is 23.7 Å². The van der Waals surface area contributed by atoms with Crippen LogP contribution in [0, 0.1) is 6.92 Å². The predicted octanol–water partition coefficient (Wildman–Crippen LogP) is 5.04. The molecule has 2 heterocycles. The van der Waals surface area contributed by atoms with Crippen LogP contribution < -0.4 is 10.1 Å². The van der Waals surface area contributed by atoms with Gasteiger partial charge in [0.05, 0.1) is 24.2 Å². The monoisotopic (exact) mass is 391 g/mol. The van der Waals surface area contributed by atoms with Gasteiger partial charge in [0.25, 0.3) is 0 Å². The number of methoxy groups -OCH3 is 1. The van der Waals surface area contributed by atoms with Crippen molar-refractivity contribution in [2.45, 2.75) is 6.92 Å². The third-order valence-corrected chi connectivity index (χ3v) is 4.46. The van der Waals surface area contributed by atoms with E-state index < -0.39 is 0 Å². The highest BCUT2D eigenvalue weighted by molar-refractivity contribution is 6.30. The zero-order valence-corrected chi connectivity index (χ0v) is 16.2. The summed E-state index contributed by atoms with van der Waals surface area (Å²) in [6, 6.07) is 17.0. The van der Waals surface area contributed by atoms with E-state index in [1.54, 1.807) is 18.0 Å². The molecule has 0 aliphatic carbocycles. The van der Waals surface area contributed by atoms with Crippen molar-refractivity contribution in [3.8, 4) is 22.7 Å². The number of hydrogen-bond acceptors (Lipinski definition) is 5. The number of anilines is 2. The average Bonchev–Trinajstić information content (AvgIpc) is 3.10. The first kappa shape index (κ1) is 18.0. The Labute approximate surface area is 167 Å². The molecule has 0 radical (unpaired) electrons. The fourth-order valence-corrected chi connectivity index (χ4v) is 3.05. The van der Waals surface area contributed by atoms with E-state index in [9.17, 15) is 0 Å². The van der Waals surface area contributed by atoms with Gasteiger partial charge in [-0.05, 0) is 43.3 Å². The lowest BCUT2D eigenvalue weighted by Crippen LogP contribution is -1.98. The summed E-state index contributed by atoms with van der Waals surface area (Å²) in [7, 11) is 1.64. The molecule has 0 bridgehead atoms. The number of nitrogens with zero attached hydrogens (tertiary/aromatic N) is 4. The number of benzene rings is 2. The first-order chi connectivity index (χ1) is 13.6. The molecule has 0 fully saturated rings. The second kappa shape index (κ2) is 7.70. The molecule has 0 aliphatic heterocycles. The molecule has 4 aromatic rings. The molecule has 28 heavy (non-hydrogen) atoms. The quantitative estimate of drug-likeness (QED) is 0.516. The number of ether oxygens (including phenoxy) is 1. The third-order valence-electron chi connectivity index (χ3n) is 4.23. The van der Waals surface area contributed by atoms with Gasteiger partial charge in [-0.15, -0.1) is 0 Å². The van der Waals surface area contributed by atoms with Crippen LogP contribution in [0.3, 0.4) is 0 Å². The minimum absolute atomic E-state index is 0.501. The van der Waals surface area contributed by atoms with Crippen molar-refractivity contribution in [3.05, 3.63) is 77.7 Å². The molecule has 0 amide bonds. The maximum Gasteiger partial charge on any atom is 0.227 e. The Balaban J connectivity index is 1.64. The lowest BCUT2D eigenvalue weighted by molar-refractivity contribution is 0.415. The fourth-order valence-electron chi connectivity index (χ4n) is 2.86. The third kappa shape index (κ3) is 3.82. The Morgan fingerprint density at radius 3 is 2.75 bits per heavy atom. The van der Waals surface area contributed by atoms with Crippen molar-refractivity contribution in [2.75, 3.05) is 12.4 Å². The SMILES string of the molecule is COc1cccc(Nc2nccc(-c3cn(-c4cccc(Cl)c4)nc3C)n2)c1. The van der Waals surface area contributed by atoms with E-state index in [-0.39, 0.29) is 0 Å². The molecule has 0 aliphatic rings. The predicted molar refractivity (Wildman–Crippen MR) is 111 cm³/mol. The van der Waals surface area contributed by atoms with Crippen molar-refractivity contribution in [1.29, 1.82) is 0 Å². The first-order valence-electron chi connectivity index (χ1n) is 8.69. The second-order valence-corrected chi connectivity index (χ2v) is 6.61. The molecule has 7 heteroatoms. The number of rotatable bonds is 5. The van der Waals surface area contributed by atoms with Gasteiger partial charge in [0, 0.05) is 34.7 Å². The van der Waals surface area contributed by atoms with E-state index in [4.69, 9.17) is 16.3 Å². The van der Waals surface area contributed by atoms with E-state index in [1.807, 2.05) is 67.7 Å². The van der Waals surface area contributed by atoms with Crippen molar-refractivity contribution in [1.82, 2.24) is 19.7 Å². The minimum atomic E-state index is 0.501. The van der Waals surface area contributed by atoms with Gasteiger partial charge < -0.3 is 10.1 Å². The largest absolute Gasteiger partial charge is 0.497 e. The van der Waals surface area contributed by atoms with E-state index in [0.29, 0.717) is 11.0 Å². The summed E-state index contributed by atoms with van der Waals surface area (Å²) in [6.07, 6.45) is 3.67. The topological polar surface area (TPSA) is 64.9 Å². The summed E-state index contributed by atoms with van der Waals surface area (Å²) in [5.41, 5.74) is 4.32. The molecule has 6 nitrogen and oxygen atoms in total. The van der Waals surface area contributed by atoms with Gasteiger partial charge in [0.2, 0.25) is 5.95 Å². The smallest absolute Gasteiger partial charge is 0.227 e. The molecule has 2 aromatic heterocycles. The summed E-state index contributed by atoms with van der Waals surface area (Å²) < 4.78 is 7.05. The normalized spacial score (nSPS) is 10.7. The molecule has 0 unspecified atom stereocenters. The van der Waals surface area contributed by atoms with Gasteiger partial charge in [-0.3, -0.25) is 0 Å². The number of halogens is 1. The van der Waals surface area contributed by atoms with Crippen molar-refractivity contribution >= 4 is 23.2 Å². The van der Waals surface area contributed by atoms with Crippen molar-refractivity contribution < 1.29 is 4.74 Å². The lowest BCUT2D eigenvalue weighted by atomic mass is 10.2. The molecule has 1 N–H and O–H groups in total. The van der Waals surface area contributed by atoms with Crippen LogP contribution in [0.1, 0.15) is 5.69 Å². The Bertz CT molecular complexity index is 1130. The maximum atomic E-state index is 6.10. The van der Waals surface area contributed by atoms with Gasteiger partial charge in [-0.25, -0.2) is 14.6 Å². The van der Waals surface area contributed by atoms with Gasteiger partial charge in [0.15, 0.2) is 0 Å². The number of aryl methyl sites for hydroxylation is 1. The standard InChI is InChI=1S/C21H18ClN5O/c1-14-19(13-27(26-14)17-7-3-5-15(22)11-17)20-9-10-23-21(25-20)24-16-6-4-8-18(12-16)28-2/h3-13H,1-2H3,(H,23,24,25). The molecule has 0 saturated carbocycles. The van der Waals surface area contributed by atoms with Gasteiger partial charge in [0.1, 0.15) is 5.75 Å². The summed E-state index contributed by atoms with van der Waals surface area (Å²) >= 11 is 6.10. The van der Waals surface area contributed by atoms with E-state index >= 15 is 0 Å². The van der Waals surface area contributed by atoms with Crippen LogP contribution in [0.2, 0.25) is 5.02 Å². The number of aromatic nitrogens is 4. The molecule has 0 atom stereocenters. The second-order valence-electron chi connectivity index (χ2n) is 6.18. The van der Waals surface area contributed by atoms with Crippen LogP contribution in [-0.2, 0) is 0 Å². The molecular formula is C21H18ClN5O. The molecule has 140 valence electrons.